The predicted molar refractivity (Wildman–Crippen MR) is 76.3 cm³/mol. The molecule has 1 saturated carbocycles. The van der Waals surface area contributed by atoms with Gasteiger partial charge in [-0.1, -0.05) is 13.0 Å². The first kappa shape index (κ1) is 16.4. The summed E-state index contributed by atoms with van der Waals surface area (Å²) in [6.45, 7) is 1.70. The van der Waals surface area contributed by atoms with Crippen LogP contribution in [0.3, 0.4) is 0 Å². The summed E-state index contributed by atoms with van der Waals surface area (Å²) in [4.78, 5) is 22.9. The van der Waals surface area contributed by atoms with Gasteiger partial charge in [0.2, 0.25) is 5.91 Å². The first-order valence-corrected chi connectivity index (χ1v) is 7.34. The van der Waals surface area contributed by atoms with Crippen molar-refractivity contribution in [3.8, 4) is 0 Å². The quantitative estimate of drug-likeness (QED) is 0.878. The second kappa shape index (κ2) is 6.85. The van der Waals surface area contributed by atoms with Crippen molar-refractivity contribution in [1.29, 1.82) is 0 Å². The molecular formula is C16H19F2NO3. The topological polar surface area (TPSA) is 66.4 Å². The van der Waals surface area contributed by atoms with Gasteiger partial charge in [0.15, 0.2) is 0 Å². The Bertz CT molecular complexity index is 577. The number of rotatable bonds is 5. The second-order valence-electron chi connectivity index (χ2n) is 5.88. The van der Waals surface area contributed by atoms with Crippen LogP contribution in [0.1, 0.15) is 44.1 Å². The predicted octanol–water partition coefficient (Wildman–Crippen LogP) is 2.83. The van der Waals surface area contributed by atoms with E-state index in [1.807, 2.05) is 0 Å². The van der Waals surface area contributed by atoms with Crippen molar-refractivity contribution in [3.05, 3.63) is 35.4 Å². The minimum atomic E-state index is -0.835. The molecule has 2 rings (SSSR count). The zero-order chi connectivity index (χ0) is 16.3. The van der Waals surface area contributed by atoms with Gasteiger partial charge >= 0.3 is 5.97 Å². The van der Waals surface area contributed by atoms with E-state index in [2.05, 4.69) is 5.32 Å². The fourth-order valence-corrected chi connectivity index (χ4v) is 2.91. The average molecular weight is 311 g/mol. The third kappa shape index (κ3) is 4.02. The van der Waals surface area contributed by atoms with Crippen LogP contribution in [-0.4, -0.2) is 23.0 Å². The average Bonchev–Trinajstić information content (AvgIpc) is 2.86. The third-order valence-corrected chi connectivity index (χ3v) is 4.13. The van der Waals surface area contributed by atoms with Crippen molar-refractivity contribution in [1.82, 2.24) is 5.32 Å². The van der Waals surface area contributed by atoms with E-state index in [9.17, 15) is 18.4 Å². The summed E-state index contributed by atoms with van der Waals surface area (Å²) in [7, 11) is 0. The molecule has 120 valence electrons. The zero-order valence-electron chi connectivity index (χ0n) is 12.3. The Morgan fingerprint density at radius 1 is 1.36 bits per heavy atom. The molecule has 0 bridgehead atoms. The van der Waals surface area contributed by atoms with Gasteiger partial charge < -0.3 is 10.4 Å². The number of halogens is 2. The van der Waals surface area contributed by atoms with Crippen molar-refractivity contribution < 1.29 is 23.5 Å². The molecule has 1 aliphatic carbocycles. The smallest absolute Gasteiger partial charge is 0.306 e. The van der Waals surface area contributed by atoms with Crippen molar-refractivity contribution >= 4 is 11.9 Å². The number of carbonyl (C=O) groups is 2. The van der Waals surface area contributed by atoms with Crippen molar-refractivity contribution in [3.63, 3.8) is 0 Å². The standard InChI is InChI=1S/C16H19F2NO3/c1-9(13-5-3-11(17)8-14(13)18)6-15(20)19-12-4-2-10(7-12)16(21)22/h3,5,8-10,12H,2,4,6-7H2,1H3,(H,19,20)(H,21,22)/t9?,10-,12+/m1/s1. The van der Waals surface area contributed by atoms with Crippen LogP contribution in [0.2, 0.25) is 0 Å². The molecular weight excluding hydrogens is 292 g/mol. The molecule has 0 radical (unpaired) electrons. The molecule has 0 aromatic heterocycles. The van der Waals surface area contributed by atoms with Gasteiger partial charge in [0.05, 0.1) is 5.92 Å². The minimum Gasteiger partial charge on any atom is -0.481 e. The number of carbonyl (C=O) groups excluding carboxylic acids is 1. The van der Waals surface area contributed by atoms with E-state index >= 15 is 0 Å². The molecule has 6 heteroatoms. The molecule has 0 heterocycles. The molecule has 3 atom stereocenters. The normalized spacial score (nSPS) is 22.3. The fraction of sp³-hybridized carbons (Fsp3) is 0.500. The van der Waals surface area contributed by atoms with Gasteiger partial charge in [-0.25, -0.2) is 8.78 Å². The second-order valence-corrected chi connectivity index (χ2v) is 5.88. The molecule has 1 aromatic rings. The third-order valence-electron chi connectivity index (χ3n) is 4.13. The molecule has 0 saturated heterocycles. The van der Waals surface area contributed by atoms with Gasteiger partial charge in [-0.05, 0) is 36.8 Å². The van der Waals surface area contributed by atoms with Gasteiger partial charge in [0, 0.05) is 18.5 Å². The number of carboxylic acids is 1. The Hall–Kier alpha value is -1.98. The summed E-state index contributed by atoms with van der Waals surface area (Å²) in [6.07, 6.45) is 1.71. The van der Waals surface area contributed by atoms with Gasteiger partial charge in [-0.2, -0.15) is 0 Å². The number of hydrogen-bond donors (Lipinski definition) is 2. The lowest BCUT2D eigenvalue weighted by atomic mass is 9.96. The van der Waals surface area contributed by atoms with Gasteiger partial charge in [-0.15, -0.1) is 0 Å². The maximum absolute atomic E-state index is 13.7. The zero-order valence-corrected chi connectivity index (χ0v) is 12.3. The SMILES string of the molecule is CC(CC(=O)N[C@H]1CC[C@@H](C(=O)O)C1)c1ccc(F)cc1F. The highest BCUT2D eigenvalue weighted by atomic mass is 19.1. The Morgan fingerprint density at radius 3 is 2.68 bits per heavy atom. The van der Waals surface area contributed by atoms with E-state index in [0.717, 1.165) is 6.07 Å². The summed E-state index contributed by atoms with van der Waals surface area (Å²) in [5.41, 5.74) is 0.298. The number of hydrogen-bond acceptors (Lipinski definition) is 2. The molecule has 0 aliphatic heterocycles. The van der Waals surface area contributed by atoms with Gasteiger partial charge in [0.1, 0.15) is 11.6 Å². The lowest BCUT2D eigenvalue weighted by molar-refractivity contribution is -0.141. The van der Waals surface area contributed by atoms with E-state index in [-0.39, 0.29) is 24.3 Å². The maximum Gasteiger partial charge on any atom is 0.306 e. The van der Waals surface area contributed by atoms with Crippen LogP contribution in [0.15, 0.2) is 18.2 Å². The molecule has 1 aromatic carbocycles. The maximum atomic E-state index is 13.7. The van der Waals surface area contributed by atoms with E-state index < -0.39 is 23.5 Å². The summed E-state index contributed by atoms with van der Waals surface area (Å²) < 4.78 is 26.5. The largest absolute Gasteiger partial charge is 0.481 e. The molecule has 1 fully saturated rings. The lowest BCUT2D eigenvalue weighted by Gasteiger charge is -2.16. The first-order valence-electron chi connectivity index (χ1n) is 7.34. The number of amides is 1. The number of benzene rings is 1. The van der Waals surface area contributed by atoms with Gasteiger partial charge in [-0.3, -0.25) is 9.59 Å². The van der Waals surface area contributed by atoms with E-state index in [1.165, 1.54) is 12.1 Å². The lowest BCUT2D eigenvalue weighted by Crippen LogP contribution is -2.34. The number of aliphatic carboxylic acids is 1. The van der Waals surface area contributed by atoms with Crippen LogP contribution >= 0.6 is 0 Å². The van der Waals surface area contributed by atoms with Crippen LogP contribution in [0, 0.1) is 17.6 Å². The fourth-order valence-electron chi connectivity index (χ4n) is 2.91. The highest BCUT2D eigenvalue weighted by Crippen LogP contribution is 2.27. The number of carboxylic acid groups (broad SMARTS) is 1. The summed E-state index contributed by atoms with van der Waals surface area (Å²) in [5.74, 6) is -3.17. The van der Waals surface area contributed by atoms with Gasteiger partial charge in [0.25, 0.3) is 0 Å². The Morgan fingerprint density at radius 2 is 2.09 bits per heavy atom. The highest BCUT2D eigenvalue weighted by Gasteiger charge is 2.30. The molecule has 2 N–H and O–H groups in total. The molecule has 4 nitrogen and oxygen atoms in total. The number of nitrogens with one attached hydrogen (secondary N) is 1. The van der Waals surface area contributed by atoms with Crippen LogP contribution in [0.4, 0.5) is 8.78 Å². The summed E-state index contributed by atoms with van der Waals surface area (Å²) in [5, 5.41) is 11.7. The Kier molecular flexibility index (Phi) is 5.11. The molecule has 0 spiro atoms. The summed E-state index contributed by atoms with van der Waals surface area (Å²) >= 11 is 0. The van der Waals surface area contributed by atoms with Crippen molar-refractivity contribution in [2.24, 2.45) is 5.92 Å². The summed E-state index contributed by atoms with van der Waals surface area (Å²) in [6, 6.07) is 3.18. The Labute approximate surface area is 127 Å². The van der Waals surface area contributed by atoms with Crippen LogP contribution < -0.4 is 5.32 Å². The van der Waals surface area contributed by atoms with Crippen molar-refractivity contribution in [2.75, 3.05) is 0 Å². The monoisotopic (exact) mass is 311 g/mol. The molecule has 22 heavy (non-hydrogen) atoms. The highest BCUT2D eigenvalue weighted by molar-refractivity contribution is 5.77. The minimum absolute atomic E-state index is 0.0801. The van der Waals surface area contributed by atoms with Crippen LogP contribution in [0.5, 0.6) is 0 Å². The molecule has 1 aliphatic rings. The van der Waals surface area contributed by atoms with E-state index in [1.54, 1.807) is 6.92 Å². The van der Waals surface area contributed by atoms with Crippen LogP contribution in [-0.2, 0) is 9.59 Å². The molecule has 1 amide bonds. The van der Waals surface area contributed by atoms with E-state index in [0.29, 0.717) is 24.8 Å². The Balaban J connectivity index is 1.88. The molecule has 1 unspecified atom stereocenters. The van der Waals surface area contributed by atoms with Crippen molar-refractivity contribution in [2.45, 2.75) is 44.6 Å². The first-order chi connectivity index (χ1) is 10.4. The van der Waals surface area contributed by atoms with E-state index in [4.69, 9.17) is 5.11 Å². The van der Waals surface area contributed by atoms with Crippen LogP contribution in [0.25, 0.3) is 0 Å².